The van der Waals surface area contributed by atoms with Gasteiger partial charge in [-0.2, -0.15) is 0 Å². The molecule has 1 saturated carbocycles. The van der Waals surface area contributed by atoms with E-state index in [1.54, 1.807) is 0 Å². The van der Waals surface area contributed by atoms with Crippen LogP contribution in [0.1, 0.15) is 52.4 Å². The third-order valence-electron chi connectivity index (χ3n) is 3.59. The summed E-state index contributed by atoms with van der Waals surface area (Å²) in [4.78, 5) is 14.3. The van der Waals surface area contributed by atoms with Crippen molar-refractivity contribution in [2.75, 3.05) is 11.9 Å². The van der Waals surface area contributed by atoms with E-state index in [2.05, 4.69) is 34.7 Å². The van der Waals surface area contributed by atoms with Crippen LogP contribution in [0.25, 0.3) is 0 Å². The van der Waals surface area contributed by atoms with Gasteiger partial charge in [-0.05, 0) is 31.6 Å². The van der Waals surface area contributed by atoms with Gasteiger partial charge in [-0.15, -0.1) is 0 Å². The maximum Gasteiger partial charge on any atom is 0.223 e. The molecule has 0 aromatic rings. The van der Waals surface area contributed by atoms with Gasteiger partial charge in [0.05, 0.1) is 0 Å². The van der Waals surface area contributed by atoms with Crippen molar-refractivity contribution in [2.24, 2.45) is 5.92 Å². The Hall–Kier alpha value is -0.0500. The summed E-state index contributed by atoms with van der Waals surface area (Å²) in [5.41, 5.74) is 0. The van der Waals surface area contributed by atoms with Crippen molar-refractivity contribution in [3.8, 4) is 0 Å². The normalized spacial score (nSPS) is 17.9. The van der Waals surface area contributed by atoms with Gasteiger partial charge in [0.1, 0.15) is 0 Å². The fourth-order valence-corrected chi connectivity index (χ4v) is 2.25. The van der Waals surface area contributed by atoms with E-state index in [0.29, 0.717) is 17.9 Å². The van der Waals surface area contributed by atoms with E-state index >= 15 is 0 Å². The second-order valence-electron chi connectivity index (χ2n) is 4.93. The number of hydrogen-bond donors (Lipinski definition) is 0. The van der Waals surface area contributed by atoms with E-state index in [9.17, 15) is 4.79 Å². The van der Waals surface area contributed by atoms with E-state index in [1.807, 2.05) is 0 Å². The first-order valence-electron chi connectivity index (χ1n) is 6.54. The first-order chi connectivity index (χ1) is 7.69. The molecule has 1 fully saturated rings. The largest absolute Gasteiger partial charge is 0.340 e. The van der Waals surface area contributed by atoms with E-state index in [4.69, 9.17) is 0 Å². The lowest BCUT2D eigenvalue weighted by Crippen LogP contribution is -2.45. The summed E-state index contributed by atoms with van der Waals surface area (Å²) in [6.45, 7) is 5.26. The van der Waals surface area contributed by atoms with Gasteiger partial charge in [0.15, 0.2) is 0 Å². The minimum atomic E-state index is 0.375. The molecule has 0 bridgehead atoms. The van der Waals surface area contributed by atoms with Gasteiger partial charge >= 0.3 is 0 Å². The Morgan fingerprint density at radius 1 is 1.50 bits per heavy atom. The zero-order valence-corrected chi connectivity index (χ0v) is 12.1. The summed E-state index contributed by atoms with van der Waals surface area (Å²) in [6, 6.07) is 0.551. The van der Waals surface area contributed by atoms with Crippen molar-refractivity contribution >= 4 is 21.8 Å². The Labute approximate surface area is 108 Å². The fourth-order valence-electron chi connectivity index (χ4n) is 2.00. The highest BCUT2D eigenvalue weighted by Gasteiger charge is 2.28. The molecule has 1 aliphatic carbocycles. The summed E-state index contributed by atoms with van der Waals surface area (Å²) < 4.78 is 0. The maximum atomic E-state index is 12.2. The monoisotopic (exact) mass is 289 g/mol. The molecule has 3 heteroatoms. The highest BCUT2D eigenvalue weighted by Crippen LogP contribution is 2.26. The van der Waals surface area contributed by atoms with Crippen LogP contribution in [0.2, 0.25) is 0 Å². The quantitative estimate of drug-likeness (QED) is 0.656. The van der Waals surface area contributed by atoms with Gasteiger partial charge in [-0.3, -0.25) is 4.79 Å². The predicted octanol–water partition coefficient (Wildman–Crippen LogP) is 3.59. The van der Waals surface area contributed by atoms with E-state index in [1.165, 1.54) is 19.3 Å². The molecule has 16 heavy (non-hydrogen) atoms. The maximum absolute atomic E-state index is 12.2. The predicted molar refractivity (Wildman–Crippen MR) is 71.8 cm³/mol. The summed E-state index contributed by atoms with van der Waals surface area (Å²) in [5, 5.41) is 0.993. The molecule has 0 spiro atoms. The molecule has 0 aromatic carbocycles. The summed E-state index contributed by atoms with van der Waals surface area (Å²) in [6.07, 6.45) is 6.63. The summed E-state index contributed by atoms with van der Waals surface area (Å²) >= 11 is 3.44. The number of carbonyl (C=O) groups excluding carboxylic acids is 1. The molecule has 2 nitrogen and oxygen atoms in total. The Morgan fingerprint density at radius 3 is 2.62 bits per heavy atom. The van der Waals surface area contributed by atoms with Crippen LogP contribution in [0.3, 0.4) is 0 Å². The van der Waals surface area contributed by atoms with Crippen LogP contribution in [-0.2, 0) is 4.79 Å². The zero-order chi connectivity index (χ0) is 12.0. The molecule has 1 unspecified atom stereocenters. The first kappa shape index (κ1) is 14.0. The lowest BCUT2D eigenvalue weighted by atomic mass is 9.90. The lowest BCUT2D eigenvalue weighted by molar-refractivity contribution is -0.136. The number of hydrogen-bond acceptors (Lipinski definition) is 1. The molecule has 0 aliphatic heterocycles. The van der Waals surface area contributed by atoms with Crippen LogP contribution in [0.4, 0.5) is 0 Å². The Morgan fingerprint density at radius 2 is 2.19 bits per heavy atom. The highest BCUT2D eigenvalue weighted by molar-refractivity contribution is 9.09. The molecule has 1 aliphatic rings. The Bertz CT molecular complexity index is 216. The van der Waals surface area contributed by atoms with Crippen molar-refractivity contribution in [1.82, 2.24) is 4.90 Å². The van der Waals surface area contributed by atoms with Crippen LogP contribution in [0.15, 0.2) is 0 Å². The molecule has 0 N–H and O–H groups in total. The van der Waals surface area contributed by atoms with Crippen LogP contribution in [0.5, 0.6) is 0 Å². The molecular formula is C13H24BrNO. The van der Waals surface area contributed by atoms with Gasteiger partial charge in [-0.25, -0.2) is 0 Å². The van der Waals surface area contributed by atoms with Crippen molar-refractivity contribution < 1.29 is 4.79 Å². The van der Waals surface area contributed by atoms with Crippen LogP contribution < -0.4 is 0 Å². The molecule has 1 amide bonds. The van der Waals surface area contributed by atoms with E-state index in [0.717, 1.165) is 31.1 Å². The van der Waals surface area contributed by atoms with Crippen molar-refractivity contribution in [2.45, 2.75) is 58.4 Å². The standard InChI is InChI=1S/C13H24BrNO/c1-3-11(2)10-13(16)15(9-5-8-14)12-6-4-7-12/h11-12H,3-10H2,1-2H3. The fraction of sp³-hybridized carbons (Fsp3) is 0.923. The number of rotatable bonds is 7. The first-order valence-corrected chi connectivity index (χ1v) is 7.66. The third kappa shape index (κ3) is 4.08. The number of halogens is 1. The van der Waals surface area contributed by atoms with Gasteiger partial charge in [0.25, 0.3) is 0 Å². The minimum absolute atomic E-state index is 0.375. The molecule has 1 rings (SSSR count). The smallest absolute Gasteiger partial charge is 0.223 e. The van der Waals surface area contributed by atoms with Crippen molar-refractivity contribution in [1.29, 1.82) is 0 Å². The summed E-state index contributed by atoms with van der Waals surface area (Å²) in [5.74, 6) is 0.902. The molecule has 1 atom stereocenters. The summed E-state index contributed by atoms with van der Waals surface area (Å²) in [7, 11) is 0. The van der Waals surface area contributed by atoms with Crippen LogP contribution >= 0.6 is 15.9 Å². The van der Waals surface area contributed by atoms with Crippen LogP contribution in [0, 0.1) is 5.92 Å². The van der Waals surface area contributed by atoms with Crippen molar-refractivity contribution in [3.05, 3.63) is 0 Å². The Balaban J connectivity index is 2.43. The molecule has 0 aromatic heterocycles. The van der Waals surface area contributed by atoms with E-state index < -0.39 is 0 Å². The third-order valence-corrected chi connectivity index (χ3v) is 4.15. The zero-order valence-electron chi connectivity index (χ0n) is 10.5. The van der Waals surface area contributed by atoms with Crippen molar-refractivity contribution in [3.63, 3.8) is 0 Å². The molecular weight excluding hydrogens is 266 g/mol. The number of amides is 1. The molecule has 0 heterocycles. The average Bonchev–Trinajstić information content (AvgIpc) is 2.20. The Kier molecular flexibility index (Phi) is 6.40. The van der Waals surface area contributed by atoms with Gasteiger partial charge in [-0.1, -0.05) is 36.2 Å². The van der Waals surface area contributed by atoms with E-state index in [-0.39, 0.29) is 0 Å². The number of alkyl halides is 1. The second kappa shape index (κ2) is 7.31. The average molecular weight is 290 g/mol. The molecule has 0 radical (unpaired) electrons. The minimum Gasteiger partial charge on any atom is -0.340 e. The number of carbonyl (C=O) groups is 1. The lowest BCUT2D eigenvalue weighted by Gasteiger charge is -2.38. The van der Waals surface area contributed by atoms with Gasteiger partial charge in [0.2, 0.25) is 5.91 Å². The number of nitrogens with zero attached hydrogens (tertiary/aromatic N) is 1. The highest BCUT2D eigenvalue weighted by atomic mass is 79.9. The molecule has 94 valence electrons. The topological polar surface area (TPSA) is 20.3 Å². The van der Waals surface area contributed by atoms with Gasteiger partial charge in [0, 0.05) is 24.3 Å². The second-order valence-corrected chi connectivity index (χ2v) is 5.72. The van der Waals surface area contributed by atoms with Gasteiger partial charge < -0.3 is 4.90 Å². The van der Waals surface area contributed by atoms with Crippen LogP contribution in [-0.4, -0.2) is 28.7 Å². The molecule has 0 saturated heterocycles. The SMILES string of the molecule is CCC(C)CC(=O)N(CCCBr)C1CCC1.